The van der Waals surface area contributed by atoms with Gasteiger partial charge in [0.2, 0.25) is 0 Å². The molecule has 2 amide bonds. The summed E-state index contributed by atoms with van der Waals surface area (Å²) >= 11 is 0. The Morgan fingerprint density at radius 3 is 2.61 bits per heavy atom. The molecule has 0 bridgehead atoms. The van der Waals surface area contributed by atoms with E-state index in [-0.39, 0.29) is 0 Å². The molecule has 18 heavy (non-hydrogen) atoms. The smallest absolute Gasteiger partial charge is 0.328 e. The van der Waals surface area contributed by atoms with Gasteiger partial charge in [0.25, 0.3) is 0 Å². The normalized spacial score (nSPS) is 22.6. The third-order valence-electron chi connectivity index (χ3n) is 3.31. The molecule has 0 aromatic heterocycles. The second-order valence-electron chi connectivity index (χ2n) is 4.51. The molecule has 1 aliphatic rings. The molecule has 0 aromatic carbocycles. The van der Waals surface area contributed by atoms with Gasteiger partial charge in [-0.15, -0.1) is 0 Å². The number of carboxylic acid groups (broad SMARTS) is 1. The zero-order valence-corrected chi connectivity index (χ0v) is 10.8. The number of hydrogen-bond donors (Lipinski definition) is 3. The topological polar surface area (TPSA) is 93.1 Å². The van der Waals surface area contributed by atoms with Gasteiger partial charge in [0.1, 0.15) is 0 Å². The fraction of sp³-hybridized carbons (Fsp3) is 0.818. The van der Waals surface area contributed by atoms with Crippen molar-refractivity contribution in [3.05, 3.63) is 0 Å². The van der Waals surface area contributed by atoms with Gasteiger partial charge in [0.05, 0.1) is 6.61 Å². The first kappa shape index (κ1) is 14.7. The van der Waals surface area contributed by atoms with Crippen LogP contribution < -0.4 is 5.32 Å². The number of nitrogens with zero attached hydrogens (tertiary/aromatic N) is 2. The Morgan fingerprint density at radius 2 is 2.11 bits per heavy atom. The van der Waals surface area contributed by atoms with Crippen LogP contribution in [-0.4, -0.2) is 77.4 Å². The Labute approximate surface area is 106 Å². The summed E-state index contributed by atoms with van der Waals surface area (Å²) in [6.07, 6.45) is 0.933. The molecule has 1 fully saturated rings. The van der Waals surface area contributed by atoms with E-state index in [1.54, 1.807) is 4.90 Å². The molecule has 104 valence electrons. The summed E-state index contributed by atoms with van der Waals surface area (Å²) in [5.74, 6) is -1.23. The molecule has 1 saturated heterocycles. The molecule has 1 unspecified atom stereocenters. The van der Waals surface area contributed by atoms with Crippen molar-refractivity contribution >= 4 is 12.0 Å². The van der Waals surface area contributed by atoms with Gasteiger partial charge >= 0.3 is 12.0 Å². The van der Waals surface area contributed by atoms with Gasteiger partial charge in [-0.25, -0.2) is 9.59 Å². The molecule has 7 nitrogen and oxygen atoms in total. The van der Waals surface area contributed by atoms with E-state index >= 15 is 0 Å². The summed E-state index contributed by atoms with van der Waals surface area (Å²) in [5.41, 5.74) is 0. The number of carbonyl (C=O) groups excluding carboxylic acids is 1. The van der Waals surface area contributed by atoms with E-state index in [1.807, 2.05) is 7.05 Å². The minimum atomic E-state index is -1.24. The van der Waals surface area contributed by atoms with E-state index in [1.165, 1.54) is 0 Å². The highest BCUT2D eigenvalue weighted by atomic mass is 16.4. The lowest BCUT2D eigenvalue weighted by Crippen LogP contribution is -2.57. The Kier molecular flexibility index (Phi) is 5.36. The Hall–Kier alpha value is -1.34. The van der Waals surface area contributed by atoms with Gasteiger partial charge in [0, 0.05) is 25.7 Å². The fourth-order valence-electron chi connectivity index (χ4n) is 2.00. The molecule has 2 atom stereocenters. The van der Waals surface area contributed by atoms with E-state index in [2.05, 4.69) is 17.1 Å². The fourth-order valence-corrected chi connectivity index (χ4v) is 2.00. The molecule has 0 spiro atoms. The molecule has 1 rings (SSSR count). The highest BCUT2D eigenvalue weighted by Gasteiger charge is 2.28. The summed E-state index contributed by atoms with van der Waals surface area (Å²) in [6, 6.07) is -1.37. The maximum atomic E-state index is 11.9. The van der Waals surface area contributed by atoms with Crippen LogP contribution in [-0.2, 0) is 4.79 Å². The maximum Gasteiger partial charge on any atom is 0.328 e. The molecule has 3 N–H and O–H groups in total. The summed E-state index contributed by atoms with van der Waals surface area (Å²) < 4.78 is 0. The molecule has 0 aliphatic carbocycles. The highest BCUT2D eigenvalue weighted by Crippen LogP contribution is 2.10. The first-order valence-electron chi connectivity index (χ1n) is 6.08. The molecule has 0 saturated carbocycles. The number of urea groups is 1. The van der Waals surface area contributed by atoms with Gasteiger partial charge in [0.15, 0.2) is 6.04 Å². The van der Waals surface area contributed by atoms with E-state index in [9.17, 15) is 9.59 Å². The lowest BCUT2D eigenvalue weighted by Gasteiger charge is -2.39. The molecule has 0 radical (unpaired) electrons. The van der Waals surface area contributed by atoms with Crippen LogP contribution in [0, 0.1) is 0 Å². The van der Waals surface area contributed by atoms with E-state index in [0.29, 0.717) is 19.1 Å². The summed E-state index contributed by atoms with van der Waals surface area (Å²) in [5, 5.41) is 19.9. The third-order valence-corrected chi connectivity index (χ3v) is 3.31. The monoisotopic (exact) mass is 259 g/mol. The van der Waals surface area contributed by atoms with Crippen LogP contribution in [0.4, 0.5) is 4.79 Å². The van der Waals surface area contributed by atoms with Crippen molar-refractivity contribution in [2.75, 3.05) is 33.3 Å². The second-order valence-corrected chi connectivity index (χ2v) is 4.51. The number of nitrogens with one attached hydrogen (secondary N) is 1. The van der Waals surface area contributed by atoms with Gasteiger partial charge in [-0.3, -0.25) is 4.90 Å². The van der Waals surface area contributed by atoms with Gasteiger partial charge in [-0.2, -0.15) is 0 Å². The Morgan fingerprint density at radius 1 is 1.44 bits per heavy atom. The number of hydrogen-bond acceptors (Lipinski definition) is 4. The molecule has 7 heteroatoms. The van der Waals surface area contributed by atoms with E-state index < -0.39 is 24.6 Å². The van der Waals surface area contributed by atoms with Crippen molar-refractivity contribution in [2.45, 2.75) is 25.4 Å². The van der Waals surface area contributed by atoms with Gasteiger partial charge in [-0.1, -0.05) is 6.92 Å². The Balaban J connectivity index is 2.54. The van der Waals surface area contributed by atoms with Crippen molar-refractivity contribution in [1.29, 1.82) is 0 Å². The van der Waals surface area contributed by atoms with Crippen LogP contribution >= 0.6 is 0 Å². The SMILES string of the molecule is CCC1CN(C(=O)N[C@H](CO)C(=O)O)CCN1C. The largest absolute Gasteiger partial charge is 0.480 e. The van der Waals surface area contributed by atoms with Crippen LogP contribution in [0.25, 0.3) is 0 Å². The minimum absolute atomic E-state index is 0.293. The number of piperazine rings is 1. The minimum Gasteiger partial charge on any atom is -0.480 e. The number of aliphatic hydroxyl groups is 1. The summed E-state index contributed by atoms with van der Waals surface area (Å²) in [7, 11) is 2.01. The van der Waals surface area contributed by atoms with Gasteiger partial charge < -0.3 is 20.4 Å². The highest BCUT2D eigenvalue weighted by molar-refractivity contribution is 5.82. The van der Waals surface area contributed by atoms with Crippen LogP contribution in [0.3, 0.4) is 0 Å². The maximum absolute atomic E-state index is 11.9. The number of aliphatic carboxylic acids is 1. The molecule has 1 heterocycles. The molecular formula is C11H21N3O4. The predicted octanol–water partition coefficient (Wildman–Crippen LogP) is -0.832. The number of carboxylic acids is 1. The van der Waals surface area contributed by atoms with Crippen molar-refractivity contribution in [3.63, 3.8) is 0 Å². The van der Waals surface area contributed by atoms with Crippen molar-refractivity contribution < 1.29 is 19.8 Å². The van der Waals surface area contributed by atoms with Crippen LogP contribution in [0.1, 0.15) is 13.3 Å². The third kappa shape index (κ3) is 3.58. The van der Waals surface area contributed by atoms with E-state index in [0.717, 1.165) is 13.0 Å². The van der Waals surface area contributed by atoms with Crippen molar-refractivity contribution in [1.82, 2.24) is 15.1 Å². The van der Waals surface area contributed by atoms with Crippen LogP contribution in [0.2, 0.25) is 0 Å². The molecule has 1 aliphatic heterocycles. The number of likely N-dealkylation sites (N-methyl/N-ethyl adjacent to an activating group) is 1. The van der Waals surface area contributed by atoms with Crippen molar-refractivity contribution in [3.8, 4) is 0 Å². The lowest BCUT2D eigenvalue weighted by molar-refractivity contribution is -0.140. The van der Waals surface area contributed by atoms with Crippen LogP contribution in [0.15, 0.2) is 0 Å². The first-order chi connectivity index (χ1) is 8.49. The van der Waals surface area contributed by atoms with Gasteiger partial charge in [-0.05, 0) is 13.5 Å². The Bertz CT molecular complexity index is 311. The standard InChI is InChI=1S/C11H21N3O4/c1-3-8-6-14(5-4-13(8)2)11(18)12-9(7-15)10(16)17/h8-9,15H,3-7H2,1-2H3,(H,12,18)(H,16,17)/t8?,9-/m1/s1. The number of aliphatic hydroxyl groups excluding tert-OH is 1. The summed E-state index contributed by atoms with van der Waals surface area (Å²) in [4.78, 5) is 26.4. The lowest BCUT2D eigenvalue weighted by atomic mass is 10.1. The van der Waals surface area contributed by atoms with E-state index in [4.69, 9.17) is 10.2 Å². The first-order valence-corrected chi connectivity index (χ1v) is 6.08. The quantitative estimate of drug-likeness (QED) is 0.612. The van der Waals surface area contributed by atoms with Crippen molar-refractivity contribution in [2.24, 2.45) is 0 Å². The molecule has 0 aromatic rings. The predicted molar refractivity (Wildman–Crippen MR) is 65.3 cm³/mol. The average molecular weight is 259 g/mol. The summed E-state index contributed by atoms with van der Waals surface area (Å²) in [6.45, 7) is 3.36. The zero-order chi connectivity index (χ0) is 13.7. The average Bonchev–Trinajstić information content (AvgIpc) is 2.35. The second kappa shape index (κ2) is 6.55. The number of carbonyl (C=O) groups is 2. The number of rotatable bonds is 4. The van der Waals surface area contributed by atoms with Crippen LogP contribution in [0.5, 0.6) is 0 Å². The number of amides is 2. The molecular weight excluding hydrogens is 238 g/mol. The zero-order valence-electron chi connectivity index (χ0n) is 10.8.